The van der Waals surface area contributed by atoms with Crippen LogP contribution in [0.25, 0.3) is 26.9 Å². The molecule has 0 saturated carbocycles. The van der Waals surface area contributed by atoms with Crippen molar-refractivity contribution in [1.29, 1.82) is 0 Å². The highest BCUT2D eigenvalue weighted by Crippen LogP contribution is 2.36. The van der Waals surface area contributed by atoms with E-state index in [-0.39, 0.29) is 18.2 Å². The van der Waals surface area contributed by atoms with Gasteiger partial charge in [-0.2, -0.15) is 0 Å². The zero-order valence-corrected chi connectivity index (χ0v) is 18.4. The maximum atomic E-state index is 12.7. The summed E-state index contributed by atoms with van der Waals surface area (Å²) in [7, 11) is 0. The summed E-state index contributed by atoms with van der Waals surface area (Å²) < 4.78 is 43.4. The highest BCUT2D eigenvalue weighted by Gasteiger charge is 2.31. The van der Waals surface area contributed by atoms with Crippen LogP contribution < -0.4 is 10.1 Å². The van der Waals surface area contributed by atoms with E-state index in [9.17, 15) is 18.0 Å². The number of thiazole rings is 1. The van der Waals surface area contributed by atoms with Crippen LogP contribution in [-0.2, 0) is 6.54 Å². The molecule has 0 bridgehead atoms. The van der Waals surface area contributed by atoms with Gasteiger partial charge in [0, 0.05) is 22.8 Å². The van der Waals surface area contributed by atoms with Crippen molar-refractivity contribution < 1.29 is 22.7 Å². The molecule has 34 heavy (non-hydrogen) atoms. The Bertz CT molecular complexity index is 1490. The number of carbonyl (C=O) groups is 1. The molecule has 1 amide bonds. The van der Waals surface area contributed by atoms with Gasteiger partial charge in [-0.3, -0.25) is 9.36 Å². The van der Waals surface area contributed by atoms with Crippen molar-refractivity contribution in [3.05, 3.63) is 77.3 Å². The first kappa shape index (κ1) is 21.8. The number of halogens is 3. The van der Waals surface area contributed by atoms with Crippen molar-refractivity contribution >= 4 is 38.5 Å². The first-order chi connectivity index (χ1) is 16.3. The second-order valence-electron chi connectivity index (χ2n) is 7.38. The Hall–Kier alpha value is -3.99. The molecule has 1 N–H and O–H groups in total. The Morgan fingerprint density at radius 2 is 1.94 bits per heavy atom. The van der Waals surface area contributed by atoms with Crippen LogP contribution >= 0.6 is 11.3 Å². The fraction of sp³-hybridized carbons (Fsp3) is 0.130. The van der Waals surface area contributed by atoms with Crippen molar-refractivity contribution in [2.24, 2.45) is 0 Å². The second kappa shape index (κ2) is 8.41. The lowest BCUT2D eigenvalue weighted by molar-refractivity contribution is -0.274. The minimum Gasteiger partial charge on any atom is -0.406 e. The van der Waals surface area contributed by atoms with E-state index < -0.39 is 6.36 Å². The van der Waals surface area contributed by atoms with E-state index in [0.717, 1.165) is 26.3 Å². The average molecular weight is 483 g/mol. The van der Waals surface area contributed by atoms with Crippen molar-refractivity contribution in [2.45, 2.75) is 19.8 Å². The van der Waals surface area contributed by atoms with Crippen LogP contribution in [0.1, 0.15) is 21.1 Å². The van der Waals surface area contributed by atoms with E-state index in [1.165, 1.54) is 29.8 Å². The number of hydrogen-bond acceptors (Lipinski definition) is 6. The molecule has 0 spiro atoms. The van der Waals surface area contributed by atoms with E-state index in [2.05, 4.69) is 25.0 Å². The number of aromatic nitrogens is 4. The topological polar surface area (TPSA) is 81.9 Å². The standard InChI is InChI=1S/C23H16F3N5O2S/c1-13-30-20-18-10-14(21(32)28-11-15-8-9-27-12-29-15)2-7-19(18)31(22(20)34-13)16-3-5-17(6-4-16)33-23(24,25)26/h2-10,12H,11H2,1H3,(H,28,32). The summed E-state index contributed by atoms with van der Waals surface area (Å²) in [6, 6.07) is 12.6. The lowest BCUT2D eigenvalue weighted by Gasteiger charge is -2.11. The van der Waals surface area contributed by atoms with Crippen LogP contribution in [0.2, 0.25) is 0 Å². The monoisotopic (exact) mass is 483 g/mol. The third-order valence-electron chi connectivity index (χ3n) is 5.08. The number of aryl methyl sites for hydroxylation is 1. The van der Waals surface area contributed by atoms with Gasteiger partial charge in [0.2, 0.25) is 0 Å². The first-order valence-electron chi connectivity index (χ1n) is 10.1. The summed E-state index contributed by atoms with van der Waals surface area (Å²) in [5, 5.41) is 4.43. The smallest absolute Gasteiger partial charge is 0.406 e. The number of amides is 1. The molecule has 3 aromatic heterocycles. The van der Waals surface area contributed by atoms with Gasteiger partial charge in [0.05, 0.1) is 22.8 Å². The van der Waals surface area contributed by atoms with Crippen LogP contribution in [0.4, 0.5) is 13.2 Å². The minimum atomic E-state index is -4.76. The van der Waals surface area contributed by atoms with Gasteiger partial charge in [0.25, 0.3) is 5.91 Å². The molecule has 2 aromatic carbocycles. The van der Waals surface area contributed by atoms with E-state index >= 15 is 0 Å². The fourth-order valence-electron chi connectivity index (χ4n) is 3.66. The maximum absolute atomic E-state index is 12.7. The predicted octanol–water partition coefficient (Wildman–Crippen LogP) is 5.17. The van der Waals surface area contributed by atoms with E-state index in [0.29, 0.717) is 16.9 Å². The average Bonchev–Trinajstić information content (AvgIpc) is 3.32. The molecule has 7 nitrogen and oxygen atoms in total. The number of nitrogens with zero attached hydrogens (tertiary/aromatic N) is 4. The summed E-state index contributed by atoms with van der Waals surface area (Å²) in [6.45, 7) is 2.14. The van der Waals surface area contributed by atoms with E-state index in [4.69, 9.17) is 0 Å². The van der Waals surface area contributed by atoms with Gasteiger partial charge in [-0.15, -0.1) is 24.5 Å². The second-order valence-corrected chi connectivity index (χ2v) is 8.56. The third-order valence-corrected chi connectivity index (χ3v) is 6.03. The van der Waals surface area contributed by atoms with E-state index in [1.807, 2.05) is 11.5 Å². The Morgan fingerprint density at radius 1 is 1.15 bits per heavy atom. The number of rotatable bonds is 5. The molecule has 5 aromatic rings. The van der Waals surface area contributed by atoms with Crippen molar-refractivity contribution in [1.82, 2.24) is 24.8 Å². The van der Waals surface area contributed by atoms with Crippen molar-refractivity contribution in [2.75, 3.05) is 0 Å². The van der Waals surface area contributed by atoms with Gasteiger partial charge in [-0.25, -0.2) is 15.0 Å². The Balaban J connectivity index is 1.51. The van der Waals surface area contributed by atoms with Gasteiger partial charge < -0.3 is 10.1 Å². The van der Waals surface area contributed by atoms with Gasteiger partial charge in [0.1, 0.15) is 22.4 Å². The zero-order chi connectivity index (χ0) is 23.9. The quantitative estimate of drug-likeness (QED) is 0.373. The maximum Gasteiger partial charge on any atom is 0.573 e. The highest BCUT2D eigenvalue weighted by molar-refractivity contribution is 7.18. The number of benzene rings is 2. The molecule has 0 fully saturated rings. The molecule has 0 unspecified atom stereocenters. The largest absolute Gasteiger partial charge is 0.573 e. The number of carbonyl (C=O) groups excluding carboxylic acids is 1. The lowest BCUT2D eigenvalue weighted by Crippen LogP contribution is -2.23. The summed E-state index contributed by atoms with van der Waals surface area (Å²) in [4.78, 5) is 26.1. The zero-order valence-electron chi connectivity index (χ0n) is 17.6. The normalized spacial score (nSPS) is 11.8. The van der Waals surface area contributed by atoms with Crippen LogP contribution in [0, 0.1) is 6.92 Å². The molecular weight excluding hydrogens is 467 g/mol. The molecule has 0 aliphatic carbocycles. The first-order valence-corrected chi connectivity index (χ1v) is 10.9. The third kappa shape index (κ3) is 4.29. The van der Waals surface area contributed by atoms with Crippen LogP contribution in [0.15, 0.2) is 61.1 Å². The van der Waals surface area contributed by atoms with Gasteiger partial charge in [0.15, 0.2) is 0 Å². The Kier molecular flexibility index (Phi) is 5.40. The van der Waals surface area contributed by atoms with Gasteiger partial charge in [-0.05, 0) is 55.5 Å². The summed E-state index contributed by atoms with van der Waals surface area (Å²) >= 11 is 1.46. The molecule has 5 rings (SSSR count). The lowest BCUT2D eigenvalue weighted by atomic mass is 10.1. The highest BCUT2D eigenvalue weighted by atomic mass is 32.1. The molecule has 0 aliphatic rings. The Morgan fingerprint density at radius 3 is 2.65 bits per heavy atom. The van der Waals surface area contributed by atoms with Crippen LogP contribution in [0.3, 0.4) is 0 Å². The van der Waals surface area contributed by atoms with Crippen LogP contribution in [-0.4, -0.2) is 31.8 Å². The molecule has 0 atom stereocenters. The van der Waals surface area contributed by atoms with Gasteiger partial charge in [-0.1, -0.05) is 0 Å². The molecule has 3 heterocycles. The predicted molar refractivity (Wildman–Crippen MR) is 121 cm³/mol. The minimum absolute atomic E-state index is 0.262. The Labute approximate surface area is 194 Å². The molecule has 0 aliphatic heterocycles. The number of fused-ring (bicyclic) bond motifs is 3. The molecule has 172 valence electrons. The van der Waals surface area contributed by atoms with Crippen molar-refractivity contribution in [3.8, 4) is 11.4 Å². The van der Waals surface area contributed by atoms with Gasteiger partial charge >= 0.3 is 6.36 Å². The number of alkyl halides is 3. The fourth-order valence-corrected chi connectivity index (χ4v) is 4.63. The van der Waals surface area contributed by atoms with Crippen LogP contribution in [0.5, 0.6) is 5.75 Å². The number of ether oxygens (including phenoxy) is 1. The SMILES string of the molecule is Cc1nc2c3cc(C(=O)NCc4ccncn4)ccc3n(-c3ccc(OC(F)(F)F)cc3)c2s1. The van der Waals surface area contributed by atoms with Crippen molar-refractivity contribution in [3.63, 3.8) is 0 Å². The number of hydrogen-bond donors (Lipinski definition) is 1. The molecule has 0 saturated heterocycles. The number of nitrogens with one attached hydrogen (secondary N) is 1. The molecule has 11 heteroatoms. The summed E-state index contributed by atoms with van der Waals surface area (Å²) in [6.07, 6.45) is -1.74. The molecular formula is C23H16F3N5O2S. The summed E-state index contributed by atoms with van der Waals surface area (Å²) in [5.41, 5.74) is 3.30. The summed E-state index contributed by atoms with van der Waals surface area (Å²) in [5.74, 6) is -0.561. The molecule has 0 radical (unpaired) electrons. The van der Waals surface area contributed by atoms with E-state index in [1.54, 1.807) is 42.6 Å².